The van der Waals surface area contributed by atoms with E-state index in [2.05, 4.69) is 36.5 Å². The first-order valence-corrected chi connectivity index (χ1v) is 14.7. The molecule has 4 bridgehead atoms. The highest BCUT2D eigenvalue weighted by Gasteiger charge is 2.23. The third-order valence-corrected chi connectivity index (χ3v) is 7.72. The summed E-state index contributed by atoms with van der Waals surface area (Å²) in [7, 11) is 1.27. The van der Waals surface area contributed by atoms with Crippen LogP contribution in [0.3, 0.4) is 0 Å². The van der Waals surface area contributed by atoms with Crippen LogP contribution >= 0.6 is 23.2 Å². The minimum atomic E-state index is -0.639. The van der Waals surface area contributed by atoms with Gasteiger partial charge in [0.15, 0.2) is 0 Å². The van der Waals surface area contributed by atoms with Gasteiger partial charge in [-0.3, -0.25) is 14.9 Å². The lowest BCUT2D eigenvalue weighted by atomic mass is 10.0. The van der Waals surface area contributed by atoms with Crippen LogP contribution in [0.2, 0.25) is 10.2 Å². The molecule has 0 fully saturated rings. The molecular formula is C31H25Cl2N9O4. The zero-order chi connectivity index (χ0) is 32.2. The van der Waals surface area contributed by atoms with Crippen molar-refractivity contribution >= 4 is 52.9 Å². The van der Waals surface area contributed by atoms with E-state index in [1.807, 2.05) is 12.1 Å². The number of rotatable bonds is 5. The molecule has 7 rings (SSSR count). The number of benzene rings is 3. The summed E-state index contributed by atoms with van der Waals surface area (Å²) >= 11 is 12.9. The standard InChI is InChI=1S/C31H25Cl2N9O4/c1-46-31(45)36-22-8-9-23-20(14-22)15-34-30(44)18-4-2-17(3-5-18)12-24(29-38-27(23)28(33)39-29)37-26(43)11-6-19-13-21(32)7-10-25(19)42-16-35-40-41-42/h2-11,13-14,16,24H,12,15H2,1H3,(H,34,44)(H,36,45)(H,37,43)(H,38,39)/b11-6+/t24-/m0/s1. The summed E-state index contributed by atoms with van der Waals surface area (Å²) in [5.74, 6) is -0.267. The number of nitrogens with zero attached hydrogens (tertiary/aromatic N) is 5. The molecule has 4 heterocycles. The smallest absolute Gasteiger partial charge is 0.411 e. The Kier molecular flexibility index (Phi) is 8.76. The normalized spacial score (nSPS) is 14.3. The molecular weight excluding hydrogens is 633 g/mol. The van der Waals surface area contributed by atoms with Crippen LogP contribution in [0.4, 0.5) is 10.5 Å². The van der Waals surface area contributed by atoms with Crippen LogP contribution in [0.25, 0.3) is 23.0 Å². The first kappa shape index (κ1) is 30.5. The van der Waals surface area contributed by atoms with Gasteiger partial charge >= 0.3 is 6.09 Å². The van der Waals surface area contributed by atoms with Gasteiger partial charge in [0.1, 0.15) is 23.0 Å². The van der Waals surface area contributed by atoms with Crippen molar-refractivity contribution in [1.82, 2.24) is 40.8 Å². The molecule has 2 aliphatic rings. The summed E-state index contributed by atoms with van der Waals surface area (Å²) < 4.78 is 6.18. The molecule has 0 aliphatic carbocycles. The number of carbonyl (C=O) groups excluding carboxylic acids is 3. The van der Waals surface area contributed by atoms with Gasteiger partial charge in [-0.25, -0.2) is 9.78 Å². The molecule has 15 heteroatoms. The fourth-order valence-electron chi connectivity index (χ4n) is 4.98. The summed E-state index contributed by atoms with van der Waals surface area (Å²) in [4.78, 5) is 46.1. The number of fused-ring (bicyclic) bond motifs is 5. The number of amides is 3. The van der Waals surface area contributed by atoms with E-state index < -0.39 is 18.0 Å². The number of halogens is 2. The number of tetrazole rings is 1. The number of hydrogen-bond acceptors (Lipinski definition) is 8. The van der Waals surface area contributed by atoms with E-state index in [-0.39, 0.29) is 17.6 Å². The Hall–Kier alpha value is -5.53. The van der Waals surface area contributed by atoms with Crippen molar-refractivity contribution in [1.29, 1.82) is 0 Å². The first-order valence-electron chi connectivity index (χ1n) is 13.9. The lowest BCUT2D eigenvalue weighted by molar-refractivity contribution is -0.117. The number of H-pyrrole nitrogens is 1. The van der Waals surface area contributed by atoms with E-state index in [4.69, 9.17) is 32.9 Å². The fourth-order valence-corrected chi connectivity index (χ4v) is 5.40. The number of nitrogens with one attached hydrogen (secondary N) is 4. The van der Waals surface area contributed by atoms with Gasteiger partial charge in [-0.1, -0.05) is 41.4 Å². The van der Waals surface area contributed by atoms with Gasteiger partial charge < -0.3 is 20.4 Å². The Morgan fingerprint density at radius 2 is 1.91 bits per heavy atom. The van der Waals surface area contributed by atoms with Gasteiger partial charge in [-0.2, -0.15) is 4.68 Å². The van der Waals surface area contributed by atoms with E-state index in [9.17, 15) is 14.4 Å². The average Bonchev–Trinajstić information content (AvgIpc) is 3.73. The van der Waals surface area contributed by atoms with Crippen molar-refractivity contribution in [2.75, 3.05) is 12.4 Å². The molecule has 3 aromatic carbocycles. The maximum absolute atomic E-state index is 13.3. The average molecular weight is 659 g/mol. The van der Waals surface area contributed by atoms with Crippen LogP contribution in [0.1, 0.15) is 38.9 Å². The highest BCUT2D eigenvalue weighted by molar-refractivity contribution is 6.32. The van der Waals surface area contributed by atoms with Crippen LogP contribution < -0.4 is 16.0 Å². The summed E-state index contributed by atoms with van der Waals surface area (Å²) in [6.07, 6.45) is 4.14. The van der Waals surface area contributed by atoms with Gasteiger partial charge in [0.25, 0.3) is 5.91 Å². The van der Waals surface area contributed by atoms with Gasteiger partial charge in [0, 0.05) is 40.0 Å². The number of imidazole rings is 1. The molecule has 3 amide bonds. The molecule has 5 aromatic rings. The Bertz CT molecular complexity index is 1960. The molecule has 2 aliphatic heterocycles. The second-order valence-corrected chi connectivity index (χ2v) is 11.0. The van der Waals surface area contributed by atoms with Crippen LogP contribution in [-0.4, -0.2) is 55.2 Å². The number of anilines is 1. The zero-order valence-corrected chi connectivity index (χ0v) is 25.6. The quantitative estimate of drug-likeness (QED) is 0.194. The Labute approximate surface area is 272 Å². The molecule has 2 aromatic heterocycles. The summed E-state index contributed by atoms with van der Waals surface area (Å²) in [6, 6.07) is 16.7. The molecule has 0 saturated heterocycles. The van der Waals surface area contributed by atoms with Crippen molar-refractivity contribution < 1.29 is 19.1 Å². The van der Waals surface area contributed by atoms with E-state index in [1.54, 1.807) is 54.6 Å². The highest BCUT2D eigenvalue weighted by atomic mass is 35.5. The van der Waals surface area contributed by atoms with Crippen LogP contribution in [0.15, 0.2) is 73.1 Å². The van der Waals surface area contributed by atoms with Crippen LogP contribution in [-0.2, 0) is 22.5 Å². The van der Waals surface area contributed by atoms with E-state index in [1.165, 1.54) is 24.2 Å². The molecule has 4 N–H and O–H groups in total. The van der Waals surface area contributed by atoms with Gasteiger partial charge in [0.05, 0.1) is 18.8 Å². The van der Waals surface area contributed by atoms with Gasteiger partial charge in [-0.15, -0.1) is 5.10 Å². The number of aromatic amines is 1. The van der Waals surface area contributed by atoms with Crippen molar-refractivity contribution in [2.45, 2.75) is 19.0 Å². The lowest BCUT2D eigenvalue weighted by Gasteiger charge is -2.17. The molecule has 232 valence electrons. The number of carbonyl (C=O) groups is 3. The minimum absolute atomic E-state index is 0.117. The molecule has 0 saturated carbocycles. The maximum atomic E-state index is 13.3. The third-order valence-electron chi connectivity index (χ3n) is 7.21. The lowest BCUT2D eigenvalue weighted by Crippen LogP contribution is -2.29. The Morgan fingerprint density at radius 3 is 2.67 bits per heavy atom. The molecule has 0 unspecified atom stereocenters. The van der Waals surface area contributed by atoms with E-state index in [0.29, 0.717) is 56.6 Å². The summed E-state index contributed by atoms with van der Waals surface area (Å²) in [5, 5.41) is 20.6. The molecule has 46 heavy (non-hydrogen) atoms. The van der Waals surface area contributed by atoms with Crippen molar-refractivity contribution in [3.63, 3.8) is 0 Å². The fraction of sp³-hybridized carbons (Fsp3) is 0.129. The second-order valence-electron chi connectivity index (χ2n) is 10.2. The van der Waals surface area contributed by atoms with E-state index >= 15 is 0 Å². The topological polar surface area (TPSA) is 169 Å². The zero-order valence-electron chi connectivity index (χ0n) is 24.1. The molecule has 1 atom stereocenters. The Morgan fingerprint density at radius 1 is 1.09 bits per heavy atom. The van der Waals surface area contributed by atoms with Crippen molar-refractivity contribution in [3.8, 4) is 16.9 Å². The van der Waals surface area contributed by atoms with Crippen LogP contribution in [0.5, 0.6) is 0 Å². The minimum Gasteiger partial charge on any atom is -0.453 e. The highest BCUT2D eigenvalue weighted by Crippen LogP contribution is 2.33. The SMILES string of the molecule is COC(=O)Nc1ccc2c(c1)CNC(=O)c1ccc(cc1)C[C@H](NC(=O)/C=C/c1cc(Cl)ccc1-n1cnnn1)c1nc-2c(Cl)[nH]1. The van der Waals surface area contributed by atoms with Crippen molar-refractivity contribution in [2.24, 2.45) is 0 Å². The molecule has 0 spiro atoms. The van der Waals surface area contributed by atoms with Gasteiger partial charge in [-0.05, 0) is 76.5 Å². The summed E-state index contributed by atoms with van der Waals surface area (Å²) in [6.45, 7) is 0.117. The summed E-state index contributed by atoms with van der Waals surface area (Å²) in [5.41, 5.74) is 4.70. The first-order chi connectivity index (χ1) is 22.3. The number of methoxy groups -OCH3 is 1. The third kappa shape index (κ3) is 6.75. The number of ether oxygens (including phenoxy) is 1. The second kappa shape index (κ2) is 13.2. The van der Waals surface area contributed by atoms with E-state index in [0.717, 1.165) is 5.56 Å². The molecule has 0 radical (unpaired) electrons. The maximum Gasteiger partial charge on any atom is 0.411 e. The number of aromatic nitrogens is 6. The monoisotopic (exact) mass is 657 g/mol. The van der Waals surface area contributed by atoms with Gasteiger partial charge in [0.2, 0.25) is 5.91 Å². The number of hydrogen-bond donors (Lipinski definition) is 4. The Balaban J connectivity index is 1.35. The predicted octanol–water partition coefficient (Wildman–Crippen LogP) is 4.89. The predicted molar refractivity (Wildman–Crippen MR) is 170 cm³/mol. The van der Waals surface area contributed by atoms with Crippen molar-refractivity contribution in [3.05, 3.63) is 111 Å². The molecule has 13 nitrogen and oxygen atoms in total. The van der Waals surface area contributed by atoms with Crippen LogP contribution in [0, 0.1) is 0 Å². The largest absolute Gasteiger partial charge is 0.453 e.